The standard InChI is InChI=1S/C45H60N6O11Si2/c1-11-57-44(58-12-2,63-61-15-5)23-25-48(26-24-45(59-13-3,60-14-4)64-62-16-6)40(53)47-36-22-20-34(10)39(29-36)51-42(55)49(37-27-31(7)17-18-32(37)8)41(54)50(43(51)56)38-28-35(46-30-52)21-19-33(38)9/h17-22,27-29H,11-16,23-26H2,1-10H3,(H,47,53). The van der Waals surface area contributed by atoms with E-state index in [1.54, 1.807) is 62.1 Å². The van der Waals surface area contributed by atoms with E-state index in [9.17, 15) is 24.0 Å². The number of urea groups is 1. The van der Waals surface area contributed by atoms with Crippen LogP contribution in [0.1, 0.15) is 76.6 Å². The number of aromatic nitrogens is 3. The first-order chi connectivity index (χ1) is 30.7. The molecule has 0 aliphatic heterocycles. The molecule has 0 aliphatic carbocycles. The molecule has 17 nitrogen and oxygen atoms in total. The molecule has 0 saturated carbocycles. The van der Waals surface area contributed by atoms with E-state index < -0.39 is 33.9 Å². The molecule has 0 fully saturated rings. The number of nitrogens with one attached hydrogen (secondary N) is 1. The minimum atomic E-state index is -1.11. The van der Waals surface area contributed by atoms with Crippen LogP contribution in [-0.4, -0.2) is 114 Å². The highest BCUT2D eigenvalue weighted by molar-refractivity contribution is 6.31. The van der Waals surface area contributed by atoms with E-state index in [0.717, 1.165) is 19.3 Å². The van der Waals surface area contributed by atoms with Crippen molar-refractivity contribution in [3.63, 3.8) is 0 Å². The van der Waals surface area contributed by atoms with E-state index in [4.69, 9.17) is 27.8 Å². The van der Waals surface area contributed by atoms with Crippen LogP contribution in [0, 0.1) is 27.7 Å². The Morgan fingerprint density at radius 1 is 0.625 bits per heavy atom. The lowest BCUT2D eigenvalue weighted by molar-refractivity contribution is -0.191. The van der Waals surface area contributed by atoms with Crippen molar-refractivity contribution in [2.24, 2.45) is 4.99 Å². The van der Waals surface area contributed by atoms with Gasteiger partial charge >= 0.3 is 42.6 Å². The summed E-state index contributed by atoms with van der Waals surface area (Å²) >= 11 is 0. The molecule has 0 bridgehead atoms. The maximum absolute atomic E-state index is 14.7. The maximum Gasteiger partial charge on any atom is 0.345 e. The third-order valence-electron chi connectivity index (χ3n) is 10.0. The SMILES string of the molecule is CCO[Si]C(CCN(CCC(OCC)(OCC)[Si]OCC)C(=O)Nc1ccc(C)c(-n2c(=O)n(-c3cc(C)ccc3C)c(=O)n(-c3cc(N=C=O)ccc3C)c2=O)c1)(OCC)OCC. The number of isocyanates is 1. The van der Waals surface area contributed by atoms with Gasteiger partial charge in [-0.3, -0.25) is 0 Å². The molecule has 0 spiro atoms. The van der Waals surface area contributed by atoms with E-state index in [1.807, 2.05) is 54.5 Å². The van der Waals surface area contributed by atoms with Gasteiger partial charge in [-0.15, -0.1) is 0 Å². The molecule has 0 saturated heterocycles. The fourth-order valence-electron chi connectivity index (χ4n) is 6.98. The van der Waals surface area contributed by atoms with Gasteiger partial charge in [-0.1, -0.05) is 24.3 Å². The number of hydrogen-bond donors (Lipinski definition) is 1. The number of hydrogen-bond acceptors (Lipinski definition) is 12. The zero-order chi connectivity index (χ0) is 47.0. The van der Waals surface area contributed by atoms with Crippen LogP contribution in [0.3, 0.4) is 0 Å². The molecule has 64 heavy (non-hydrogen) atoms. The molecule has 1 heterocycles. The van der Waals surface area contributed by atoms with Crippen molar-refractivity contribution in [1.29, 1.82) is 0 Å². The Hall–Kier alpha value is -5.09. The number of aryl methyl sites for hydroxylation is 4. The van der Waals surface area contributed by atoms with Crippen LogP contribution in [0.2, 0.25) is 0 Å². The van der Waals surface area contributed by atoms with Gasteiger partial charge in [-0.05, 0) is 122 Å². The normalized spacial score (nSPS) is 11.7. The molecule has 4 aromatic rings. The maximum atomic E-state index is 14.7. The van der Waals surface area contributed by atoms with Gasteiger partial charge in [0.05, 0.1) is 22.7 Å². The van der Waals surface area contributed by atoms with Gasteiger partial charge < -0.3 is 38.0 Å². The molecule has 1 N–H and O–H groups in total. The van der Waals surface area contributed by atoms with Crippen molar-refractivity contribution in [3.05, 3.63) is 108 Å². The molecule has 4 rings (SSSR count). The number of carbonyl (C=O) groups excluding carboxylic acids is 2. The van der Waals surface area contributed by atoms with E-state index >= 15 is 0 Å². The molecule has 3 aromatic carbocycles. The molecular formula is C45H60N6O11Si2. The Balaban J connectivity index is 1.90. The summed E-state index contributed by atoms with van der Waals surface area (Å²) in [6.07, 6.45) is 2.01. The van der Waals surface area contributed by atoms with E-state index in [2.05, 4.69) is 10.3 Å². The molecule has 2 amide bonds. The Bertz CT molecular complexity index is 2400. The van der Waals surface area contributed by atoms with Crippen molar-refractivity contribution < 1.29 is 37.4 Å². The van der Waals surface area contributed by atoms with Crippen LogP contribution < -0.4 is 22.4 Å². The van der Waals surface area contributed by atoms with Gasteiger partial charge in [-0.2, -0.15) is 4.99 Å². The van der Waals surface area contributed by atoms with Crippen molar-refractivity contribution in [1.82, 2.24) is 18.6 Å². The topological polar surface area (TPSA) is 183 Å². The van der Waals surface area contributed by atoms with E-state index in [1.165, 1.54) is 18.2 Å². The number of carbonyl (C=O) groups is 1. The second-order valence-corrected chi connectivity index (χ2v) is 17.1. The zero-order valence-corrected chi connectivity index (χ0v) is 40.5. The van der Waals surface area contributed by atoms with Crippen molar-refractivity contribution in [2.75, 3.05) is 58.0 Å². The molecule has 0 atom stereocenters. The number of nitrogens with zero attached hydrogens (tertiary/aromatic N) is 5. The molecule has 4 radical (unpaired) electrons. The first-order valence-corrected chi connectivity index (χ1v) is 23.3. The molecular weight excluding hydrogens is 857 g/mol. The molecule has 1 aromatic heterocycles. The highest BCUT2D eigenvalue weighted by atomic mass is 28.2. The monoisotopic (exact) mass is 916 g/mol. The number of rotatable bonds is 25. The summed E-state index contributed by atoms with van der Waals surface area (Å²) in [7, 11) is -0.333. The molecule has 0 unspecified atom stereocenters. The number of ether oxygens (including phenoxy) is 4. The summed E-state index contributed by atoms with van der Waals surface area (Å²) in [5.41, 5.74) is -1.78. The molecule has 0 aliphatic rings. The third kappa shape index (κ3) is 12.6. The first-order valence-electron chi connectivity index (χ1n) is 21.5. The summed E-state index contributed by atoms with van der Waals surface area (Å²) in [5, 5.41) is 2.98. The van der Waals surface area contributed by atoms with Crippen LogP contribution in [0.15, 0.2) is 74.0 Å². The fraction of sp³-hybridized carbons (Fsp3) is 0.489. The van der Waals surface area contributed by atoms with Gasteiger partial charge in [0, 0.05) is 71.3 Å². The first kappa shape index (κ1) is 51.5. The predicted octanol–water partition coefficient (Wildman–Crippen LogP) is 5.72. The van der Waals surface area contributed by atoms with Gasteiger partial charge in [-0.25, -0.2) is 37.7 Å². The lowest BCUT2D eigenvalue weighted by Gasteiger charge is -2.36. The van der Waals surface area contributed by atoms with E-state index in [0.29, 0.717) is 56.3 Å². The number of amides is 2. The number of benzene rings is 3. The van der Waals surface area contributed by atoms with Crippen LogP contribution in [-0.2, 0) is 32.6 Å². The summed E-state index contributed by atoms with van der Waals surface area (Å²) in [6, 6.07) is 14.2. The Morgan fingerprint density at radius 2 is 1.05 bits per heavy atom. The third-order valence-corrected chi connectivity index (χ3v) is 12.6. The Kier molecular flexibility index (Phi) is 19.5. The van der Waals surface area contributed by atoms with Crippen LogP contribution in [0.5, 0.6) is 0 Å². The van der Waals surface area contributed by atoms with Gasteiger partial charge in [0.2, 0.25) is 6.08 Å². The van der Waals surface area contributed by atoms with Gasteiger partial charge in [0.25, 0.3) is 0 Å². The van der Waals surface area contributed by atoms with Crippen molar-refractivity contribution in [3.8, 4) is 17.1 Å². The minimum absolute atomic E-state index is 0.109. The Morgan fingerprint density at radius 3 is 1.48 bits per heavy atom. The Labute approximate surface area is 379 Å². The summed E-state index contributed by atoms with van der Waals surface area (Å²) in [6.45, 7) is 20.8. The fourth-order valence-corrected chi connectivity index (χ4v) is 8.95. The van der Waals surface area contributed by atoms with Gasteiger partial charge in [0.1, 0.15) is 0 Å². The summed E-state index contributed by atoms with van der Waals surface area (Å²) in [5.74, 6) is 0. The quantitative estimate of drug-likeness (QED) is 0.0372. The number of aliphatic imine (C=N–C) groups is 1. The van der Waals surface area contributed by atoms with Crippen molar-refractivity contribution in [2.45, 2.75) is 92.9 Å². The van der Waals surface area contributed by atoms with Crippen molar-refractivity contribution >= 4 is 43.0 Å². The van der Waals surface area contributed by atoms with E-state index in [-0.39, 0.29) is 73.9 Å². The smallest absolute Gasteiger partial charge is 0.345 e. The molecule has 19 heteroatoms. The van der Waals surface area contributed by atoms with Crippen LogP contribution >= 0.6 is 0 Å². The average molecular weight is 917 g/mol. The van der Waals surface area contributed by atoms with Crippen LogP contribution in [0.25, 0.3) is 17.1 Å². The lowest BCUT2D eigenvalue weighted by Crippen LogP contribution is -2.53. The largest absolute Gasteiger partial charge is 0.412 e. The second-order valence-electron chi connectivity index (χ2n) is 14.5. The molecule has 344 valence electrons. The van der Waals surface area contributed by atoms with Crippen LogP contribution in [0.4, 0.5) is 16.2 Å². The summed E-state index contributed by atoms with van der Waals surface area (Å²) in [4.78, 5) is 75.0. The van der Waals surface area contributed by atoms with Gasteiger partial charge in [0.15, 0.2) is 10.8 Å². The predicted molar refractivity (Wildman–Crippen MR) is 247 cm³/mol. The second kappa shape index (κ2) is 24.3. The zero-order valence-electron chi connectivity index (χ0n) is 38.5. The lowest BCUT2D eigenvalue weighted by atomic mass is 10.1. The minimum Gasteiger partial charge on any atom is -0.412 e. The highest BCUT2D eigenvalue weighted by Gasteiger charge is 2.38. The summed E-state index contributed by atoms with van der Waals surface area (Å²) < 4.78 is 39.0. The average Bonchev–Trinajstić information content (AvgIpc) is 3.26. The number of anilines is 1. The highest BCUT2D eigenvalue weighted by Crippen LogP contribution is 2.25.